The van der Waals surface area contributed by atoms with Crippen LogP contribution < -0.4 is 5.48 Å². The maximum Gasteiger partial charge on any atom is 0.341 e. The van der Waals surface area contributed by atoms with Gasteiger partial charge in [-0.15, -0.1) is 0 Å². The van der Waals surface area contributed by atoms with Gasteiger partial charge in [0.25, 0.3) is 0 Å². The minimum atomic E-state index is -3.18. The van der Waals surface area contributed by atoms with Gasteiger partial charge in [-0.3, -0.25) is 4.84 Å². The topological polar surface area (TPSA) is 79.0 Å². The molecule has 1 aliphatic rings. The number of nitrogens with zero attached hydrogens (tertiary/aromatic N) is 2. The number of hydrogen-bond acceptors (Lipinski definition) is 4. The SMILES string of the molecule is CS(=O)(=O)N1CCN(C(=O)NOCc2ccccc2)CC1. The predicted octanol–water partition coefficient (Wildman–Crippen LogP) is 0.405. The molecule has 0 bridgehead atoms. The quantitative estimate of drug-likeness (QED) is 0.816. The van der Waals surface area contributed by atoms with Crippen LogP contribution in [0.3, 0.4) is 0 Å². The zero-order valence-corrected chi connectivity index (χ0v) is 12.7. The van der Waals surface area contributed by atoms with Gasteiger partial charge in [0, 0.05) is 26.2 Å². The van der Waals surface area contributed by atoms with Crippen LogP contribution >= 0.6 is 0 Å². The summed E-state index contributed by atoms with van der Waals surface area (Å²) in [7, 11) is -3.18. The average molecular weight is 313 g/mol. The second-order valence-electron chi connectivity index (χ2n) is 4.83. The van der Waals surface area contributed by atoms with Crippen molar-refractivity contribution in [2.45, 2.75) is 6.61 Å². The normalized spacial score (nSPS) is 16.7. The van der Waals surface area contributed by atoms with Crippen molar-refractivity contribution in [3.05, 3.63) is 35.9 Å². The molecule has 7 nitrogen and oxygen atoms in total. The molecule has 0 aromatic heterocycles. The Bertz CT molecular complexity index is 568. The molecular weight excluding hydrogens is 294 g/mol. The number of hydrogen-bond donors (Lipinski definition) is 1. The smallest absolute Gasteiger partial charge is 0.320 e. The minimum Gasteiger partial charge on any atom is -0.320 e. The molecule has 1 fully saturated rings. The maximum atomic E-state index is 11.9. The molecule has 1 aromatic rings. The number of hydroxylamine groups is 1. The minimum absolute atomic E-state index is 0.288. The zero-order valence-electron chi connectivity index (χ0n) is 11.9. The third-order valence-corrected chi connectivity index (χ3v) is 4.54. The van der Waals surface area contributed by atoms with Crippen LogP contribution in [0.25, 0.3) is 0 Å². The number of piperazine rings is 1. The summed E-state index contributed by atoms with van der Waals surface area (Å²) in [5.41, 5.74) is 3.33. The first-order valence-electron chi connectivity index (χ1n) is 6.62. The van der Waals surface area contributed by atoms with Gasteiger partial charge in [-0.1, -0.05) is 30.3 Å². The number of sulfonamides is 1. The standard InChI is InChI=1S/C13H19N3O4S/c1-21(18,19)16-9-7-15(8-10-16)13(17)14-20-11-12-5-3-2-4-6-12/h2-6H,7-11H2,1H3,(H,14,17). The number of nitrogens with one attached hydrogen (secondary N) is 1. The number of benzene rings is 1. The Morgan fingerprint density at radius 3 is 2.38 bits per heavy atom. The molecule has 116 valence electrons. The van der Waals surface area contributed by atoms with Crippen molar-refractivity contribution < 1.29 is 18.0 Å². The highest BCUT2D eigenvalue weighted by atomic mass is 32.2. The van der Waals surface area contributed by atoms with Gasteiger partial charge in [0.15, 0.2) is 0 Å². The van der Waals surface area contributed by atoms with Crippen molar-refractivity contribution in [3.63, 3.8) is 0 Å². The van der Waals surface area contributed by atoms with Crippen molar-refractivity contribution in [2.24, 2.45) is 0 Å². The van der Waals surface area contributed by atoms with Gasteiger partial charge >= 0.3 is 6.03 Å². The van der Waals surface area contributed by atoms with Crippen molar-refractivity contribution in [2.75, 3.05) is 32.4 Å². The van der Waals surface area contributed by atoms with Crippen molar-refractivity contribution in [1.82, 2.24) is 14.7 Å². The Kier molecular flexibility index (Phi) is 5.16. The van der Waals surface area contributed by atoms with E-state index >= 15 is 0 Å². The number of amides is 2. The summed E-state index contributed by atoms with van der Waals surface area (Å²) < 4.78 is 24.1. The summed E-state index contributed by atoms with van der Waals surface area (Å²) in [6.45, 7) is 1.62. The van der Waals surface area contributed by atoms with Gasteiger partial charge in [0.05, 0.1) is 12.9 Å². The van der Waals surface area contributed by atoms with E-state index in [1.165, 1.54) is 15.5 Å². The Labute approximate surface area is 124 Å². The monoisotopic (exact) mass is 313 g/mol. The summed E-state index contributed by atoms with van der Waals surface area (Å²) in [4.78, 5) is 18.6. The van der Waals surface area contributed by atoms with E-state index < -0.39 is 10.0 Å². The van der Waals surface area contributed by atoms with Crippen LogP contribution in [0.15, 0.2) is 30.3 Å². The second-order valence-corrected chi connectivity index (χ2v) is 6.81. The fourth-order valence-electron chi connectivity index (χ4n) is 2.04. The van der Waals surface area contributed by atoms with Crippen molar-refractivity contribution in [3.8, 4) is 0 Å². The van der Waals surface area contributed by atoms with E-state index in [0.29, 0.717) is 26.2 Å². The highest BCUT2D eigenvalue weighted by molar-refractivity contribution is 7.88. The first-order valence-corrected chi connectivity index (χ1v) is 8.47. The van der Waals surface area contributed by atoms with Gasteiger partial charge in [-0.25, -0.2) is 18.7 Å². The van der Waals surface area contributed by atoms with Crippen LogP contribution in [0.2, 0.25) is 0 Å². The first kappa shape index (κ1) is 15.7. The summed E-state index contributed by atoms with van der Waals surface area (Å²) in [6, 6.07) is 9.15. The average Bonchev–Trinajstić information content (AvgIpc) is 2.47. The third-order valence-electron chi connectivity index (χ3n) is 3.24. The van der Waals surface area contributed by atoms with Crippen molar-refractivity contribution >= 4 is 16.1 Å². The lowest BCUT2D eigenvalue weighted by Crippen LogP contribution is -2.52. The first-order chi connectivity index (χ1) is 9.97. The van der Waals surface area contributed by atoms with Gasteiger partial charge in [0.2, 0.25) is 10.0 Å². The molecule has 0 radical (unpaired) electrons. The van der Waals surface area contributed by atoms with Gasteiger partial charge in [0.1, 0.15) is 0 Å². The van der Waals surface area contributed by atoms with Crippen LogP contribution in [0.1, 0.15) is 5.56 Å². The lowest BCUT2D eigenvalue weighted by atomic mass is 10.2. The Morgan fingerprint density at radius 2 is 1.81 bits per heavy atom. The molecule has 0 unspecified atom stereocenters. The largest absolute Gasteiger partial charge is 0.341 e. The molecule has 1 N–H and O–H groups in total. The molecule has 1 aromatic carbocycles. The van der Waals surface area contributed by atoms with Gasteiger partial charge < -0.3 is 4.90 Å². The molecule has 2 amide bonds. The van der Waals surface area contributed by atoms with Crippen LogP contribution in [-0.2, 0) is 21.5 Å². The lowest BCUT2D eigenvalue weighted by molar-refractivity contribution is 0.0333. The van der Waals surface area contributed by atoms with Gasteiger partial charge in [-0.05, 0) is 5.56 Å². The molecule has 0 spiro atoms. The van der Waals surface area contributed by atoms with Crippen LogP contribution in [0, 0.1) is 0 Å². The molecule has 1 aliphatic heterocycles. The lowest BCUT2D eigenvalue weighted by Gasteiger charge is -2.32. The molecular formula is C13H19N3O4S. The Hall–Kier alpha value is -1.64. The number of rotatable bonds is 4. The third kappa shape index (κ3) is 4.69. The Balaban J connectivity index is 1.73. The molecule has 21 heavy (non-hydrogen) atoms. The van der Waals surface area contributed by atoms with Crippen LogP contribution in [-0.4, -0.2) is 56.1 Å². The van der Waals surface area contributed by atoms with E-state index in [9.17, 15) is 13.2 Å². The zero-order chi connectivity index (χ0) is 15.3. The number of urea groups is 1. The summed E-state index contributed by atoms with van der Waals surface area (Å²) in [5, 5.41) is 0. The summed E-state index contributed by atoms with van der Waals surface area (Å²) in [6.07, 6.45) is 1.17. The van der Waals surface area contributed by atoms with Gasteiger partial charge in [-0.2, -0.15) is 4.31 Å². The van der Waals surface area contributed by atoms with E-state index in [4.69, 9.17) is 4.84 Å². The van der Waals surface area contributed by atoms with Crippen molar-refractivity contribution in [1.29, 1.82) is 0 Å². The molecule has 1 saturated heterocycles. The fourth-order valence-corrected chi connectivity index (χ4v) is 2.87. The van der Waals surface area contributed by atoms with E-state index in [2.05, 4.69) is 5.48 Å². The fraction of sp³-hybridized carbons (Fsp3) is 0.462. The molecule has 0 aliphatic carbocycles. The molecule has 8 heteroatoms. The molecule has 2 rings (SSSR count). The van der Waals surface area contributed by atoms with E-state index in [1.54, 1.807) is 0 Å². The van der Waals surface area contributed by atoms with Crippen LogP contribution in [0.5, 0.6) is 0 Å². The van der Waals surface area contributed by atoms with E-state index in [-0.39, 0.29) is 12.6 Å². The highest BCUT2D eigenvalue weighted by Crippen LogP contribution is 2.06. The van der Waals surface area contributed by atoms with Crippen LogP contribution in [0.4, 0.5) is 4.79 Å². The number of carbonyl (C=O) groups is 1. The van der Waals surface area contributed by atoms with E-state index in [1.807, 2.05) is 30.3 Å². The summed E-state index contributed by atoms with van der Waals surface area (Å²) >= 11 is 0. The molecule has 0 saturated carbocycles. The molecule has 0 atom stereocenters. The van der Waals surface area contributed by atoms with E-state index in [0.717, 1.165) is 5.56 Å². The highest BCUT2D eigenvalue weighted by Gasteiger charge is 2.25. The Morgan fingerprint density at radius 1 is 1.19 bits per heavy atom. The summed E-state index contributed by atoms with van der Waals surface area (Å²) in [5.74, 6) is 0. The maximum absolute atomic E-state index is 11.9. The molecule has 1 heterocycles. The predicted molar refractivity (Wildman–Crippen MR) is 77.8 cm³/mol. The second kappa shape index (κ2) is 6.88. The number of carbonyl (C=O) groups excluding carboxylic acids is 1.